The molecule has 21 heavy (non-hydrogen) atoms. The number of nitrogens with one attached hydrogen (secondary N) is 1. The Kier molecular flexibility index (Phi) is 4.64. The van der Waals surface area contributed by atoms with E-state index in [1.807, 2.05) is 36.4 Å². The lowest BCUT2D eigenvalue weighted by Crippen LogP contribution is -2.16. The summed E-state index contributed by atoms with van der Waals surface area (Å²) in [6, 6.07) is 14.9. The van der Waals surface area contributed by atoms with E-state index < -0.39 is 0 Å². The van der Waals surface area contributed by atoms with Gasteiger partial charge < -0.3 is 10.1 Å². The second-order valence-electron chi connectivity index (χ2n) is 5.26. The van der Waals surface area contributed by atoms with Crippen LogP contribution in [-0.2, 0) is 6.54 Å². The highest BCUT2D eigenvalue weighted by molar-refractivity contribution is 5.48. The van der Waals surface area contributed by atoms with Crippen molar-refractivity contribution in [1.29, 1.82) is 0 Å². The van der Waals surface area contributed by atoms with Crippen molar-refractivity contribution in [3.05, 3.63) is 66.0 Å². The fraction of sp³-hybridized carbons (Fsp3) is 0.278. The molecule has 1 fully saturated rings. The molecule has 0 aliphatic heterocycles. The van der Waals surface area contributed by atoms with Crippen LogP contribution in [0.4, 0.5) is 0 Å². The molecule has 0 amide bonds. The Hall–Kier alpha value is -2.13. The van der Waals surface area contributed by atoms with Crippen molar-refractivity contribution >= 4 is 6.08 Å². The van der Waals surface area contributed by atoms with Crippen LogP contribution in [0.2, 0.25) is 0 Å². The first kappa shape index (κ1) is 13.8. The average Bonchev–Trinajstić information content (AvgIpc) is 3.36. The van der Waals surface area contributed by atoms with Crippen LogP contribution in [0.1, 0.15) is 24.1 Å². The third-order valence-electron chi connectivity index (χ3n) is 3.40. The average molecular weight is 280 g/mol. The lowest BCUT2D eigenvalue weighted by atomic mass is 10.2. The van der Waals surface area contributed by atoms with E-state index in [-0.39, 0.29) is 0 Å². The SMILES string of the molecule is C(=Cc1ccccc1)COc1ccc(CNC2CC2)nc1. The summed E-state index contributed by atoms with van der Waals surface area (Å²) in [5.41, 5.74) is 2.25. The van der Waals surface area contributed by atoms with Crippen LogP contribution >= 0.6 is 0 Å². The summed E-state index contributed by atoms with van der Waals surface area (Å²) < 4.78 is 5.65. The van der Waals surface area contributed by atoms with Crippen molar-refractivity contribution < 1.29 is 4.74 Å². The quantitative estimate of drug-likeness (QED) is 0.843. The molecule has 3 nitrogen and oxygen atoms in total. The smallest absolute Gasteiger partial charge is 0.138 e. The van der Waals surface area contributed by atoms with E-state index in [4.69, 9.17) is 4.74 Å². The summed E-state index contributed by atoms with van der Waals surface area (Å²) in [5.74, 6) is 0.808. The predicted octanol–water partition coefficient (Wildman–Crippen LogP) is 3.43. The first-order valence-corrected chi connectivity index (χ1v) is 7.43. The van der Waals surface area contributed by atoms with Gasteiger partial charge in [-0.15, -0.1) is 0 Å². The van der Waals surface area contributed by atoms with E-state index in [9.17, 15) is 0 Å². The van der Waals surface area contributed by atoms with Gasteiger partial charge in [-0.05, 0) is 36.6 Å². The zero-order valence-corrected chi connectivity index (χ0v) is 12.0. The summed E-state index contributed by atoms with van der Waals surface area (Å²) >= 11 is 0. The maximum Gasteiger partial charge on any atom is 0.138 e. The highest BCUT2D eigenvalue weighted by Gasteiger charge is 2.19. The standard InChI is InChI=1S/C18H20N2O/c1-2-5-15(6-3-1)7-4-12-21-18-11-10-17(20-14-18)13-19-16-8-9-16/h1-7,10-11,14,16,19H,8-9,12-13H2. The minimum absolute atomic E-state index is 0.552. The molecular formula is C18H20N2O. The Morgan fingerprint density at radius 1 is 1.14 bits per heavy atom. The van der Waals surface area contributed by atoms with Gasteiger partial charge in [-0.3, -0.25) is 4.98 Å². The first-order chi connectivity index (χ1) is 10.4. The van der Waals surface area contributed by atoms with E-state index >= 15 is 0 Å². The van der Waals surface area contributed by atoms with E-state index in [0.717, 1.165) is 18.0 Å². The topological polar surface area (TPSA) is 34.1 Å². The number of aromatic nitrogens is 1. The van der Waals surface area contributed by atoms with Crippen LogP contribution in [0.25, 0.3) is 6.08 Å². The fourth-order valence-corrected chi connectivity index (χ4v) is 2.03. The largest absolute Gasteiger partial charge is 0.488 e. The third kappa shape index (κ3) is 4.72. The number of pyridine rings is 1. The molecule has 0 saturated heterocycles. The van der Waals surface area contributed by atoms with Crippen molar-refractivity contribution in [2.24, 2.45) is 0 Å². The maximum atomic E-state index is 5.65. The Morgan fingerprint density at radius 3 is 2.71 bits per heavy atom. The lowest BCUT2D eigenvalue weighted by Gasteiger charge is -2.05. The number of benzene rings is 1. The molecule has 0 bridgehead atoms. The fourth-order valence-electron chi connectivity index (χ4n) is 2.03. The van der Waals surface area contributed by atoms with E-state index in [1.165, 1.54) is 18.4 Å². The molecule has 0 radical (unpaired) electrons. The van der Waals surface area contributed by atoms with Crippen molar-refractivity contribution in [2.75, 3.05) is 6.61 Å². The Bertz CT molecular complexity index is 574. The second kappa shape index (κ2) is 7.04. The Balaban J connectivity index is 1.43. The molecule has 1 heterocycles. The number of nitrogens with zero attached hydrogens (tertiary/aromatic N) is 1. The van der Waals surface area contributed by atoms with Crippen molar-refractivity contribution in [3.63, 3.8) is 0 Å². The summed E-state index contributed by atoms with van der Waals surface area (Å²) in [5, 5.41) is 3.45. The highest BCUT2D eigenvalue weighted by Crippen LogP contribution is 2.19. The van der Waals surface area contributed by atoms with Crippen LogP contribution < -0.4 is 10.1 Å². The number of rotatable bonds is 7. The van der Waals surface area contributed by atoms with Crippen LogP contribution in [-0.4, -0.2) is 17.6 Å². The zero-order valence-electron chi connectivity index (χ0n) is 12.0. The van der Waals surface area contributed by atoms with Gasteiger partial charge in [0.2, 0.25) is 0 Å². The van der Waals surface area contributed by atoms with Crippen LogP contribution in [0.3, 0.4) is 0 Å². The Morgan fingerprint density at radius 2 is 2.00 bits per heavy atom. The van der Waals surface area contributed by atoms with Gasteiger partial charge in [-0.1, -0.05) is 36.4 Å². The van der Waals surface area contributed by atoms with E-state index in [0.29, 0.717) is 12.6 Å². The molecule has 1 aromatic carbocycles. The lowest BCUT2D eigenvalue weighted by molar-refractivity contribution is 0.361. The van der Waals surface area contributed by atoms with Gasteiger partial charge in [0.15, 0.2) is 0 Å². The van der Waals surface area contributed by atoms with Crippen molar-refractivity contribution in [1.82, 2.24) is 10.3 Å². The van der Waals surface area contributed by atoms with Gasteiger partial charge in [0, 0.05) is 12.6 Å². The van der Waals surface area contributed by atoms with Crippen LogP contribution in [0, 0.1) is 0 Å². The molecular weight excluding hydrogens is 260 g/mol. The summed E-state index contributed by atoms with van der Waals surface area (Å²) in [7, 11) is 0. The molecule has 1 aliphatic carbocycles. The van der Waals surface area contributed by atoms with Crippen LogP contribution in [0.5, 0.6) is 5.75 Å². The number of ether oxygens (including phenoxy) is 1. The van der Waals surface area contributed by atoms with Gasteiger partial charge in [-0.25, -0.2) is 0 Å². The molecule has 1 saturated carbocycles. The van der Waals surface area contributed by atoms with Crippen molar-refractivity contribution in [2.45, 2.75) is 25.4 Å². The second-order valence-corrected chi connectivity index (χ2v) is 5.26. The summed E-state index contributed by atoms with van der Waals surface area (Å²) in [6.45, 7) is 1.40. The molecule has 0 unspecified atom stereocenters. The minimum atomic E-state index is 0.552. The molecule has 0 atom stereocenters. The molecule has 3 rings (SSSR count). The van der Waals surface area contributed by atoms with E-state index in [1.54, 1.807) is 6.20 Å². The molecule has 1 aliphatic rings. The molecule has 1 aromatic heterocycles. The van der Waals surface area contributed by atoms with E-state index in [2.05, 4.69) is 28.5 Å². The van der Waals surface area contributed by atoms with Gasteiger partial charge >= 0.3 is 0 Å². The van der Waals surface area contributed by atoms with Crippen LogP contribution in [0.15, 0.2) is 54.7 Å². The molecule has 3 heteroatoms. The minimum Gasteiger partial charge on any atom is -0.488 e. The molecule has 108 valence electrons. The Labute approximate surface area is 125 Å². The molecule has 2 aromatic rings. The zero-order chi connectivity index (χ0) is 14.3. The molecule has 0 spiro atoms. The number of hydrogen-bond acceptors (Lipinski definition) is 3. The summed E-state index contributed by atoms with van der Waals surface area (Å²) in [6.07, 6.45) is 8.46. The number of hydrogen-bond donors (Lipinski definition) is 1. The highest BCUT2D eigenvalue weighted by atomic mass is 16.5. The van der Waals surface area contributed by atoms with Gasteiger partial charge in [-0.2, -0.15) is 0 Å². The third-order valence-corrected chi connectivity index (χ3v) is 3.40. The van der Waals surface area contributed by atoms with Gasteiger partial charge in [0.05, 0.1) is 11.9 Å². The normalized spacial score (nSPS) is 14.5. The maximum absolute atomic E-state index is 5.65. The van der Waals surface area contributed by atoms with Gasteiger partial charge in [0.1, 0.15) is 12.4 Å². The van der Waals surface area contributed by atoms with Gasteiger partial charge in [0.25, 0.3) is 0 Å². The summed E-state index contributed by atoms with van der Waals surface area (Å²) in [4.78, 5) is 4.40. The first-order valence-electron chi connectivity index (χ1n) is 7.43. The van der Waals surface area contributed by atoms with Crippen molar-refractivity contribution in [3.8, 4) is 5.75 Å². The predicted molar refractivity (Wildman–Crippen MR) is 85.1 cm³/mol. The molecule has 1 N–H and O–H groups in total. The monoisotopic (exact) mass is 280 g/mol.